The fourth-order valence-electron chi connectivity index (χ4n) is 2.02. The monoisotopic (exact) mass is 224 g/mol. The maximum Gasteiger partial charge on any atom is 0.125 e. The molecule has 2 N–H and O–H groups in total. The molecule has 0 amide bonds. The SMILES string of the molecule is CCC(CC)N(C)Cc1ccc(F)cc1N. The van der Waals surface area contributed by atoms with Gasteiger partial charge in [-0.25, -0.2) is 4.39 Å². The predicted octanol–water partition coefficient (Wildman–Crippen LogP) is 3.03. The average Bonchev–Trinajstić information content (AvgIpc) is 2.24. The summed E-state index contributed by atoms with van der Waals surface area (Å²) in [6.07, 6.45) is 2.24. The molecular formula is C13H21FN2. The number of hydrogen-bond acceptors (Lipinski definition) is 2. The summed E-state index contributed by atoms with van der Waals surface area (Å²) < 4.78 is 12.9. The minimum absolute atomic E-state index is 0.272. The van der Waals surface area contributed by atoms with E-state index in [1.165, 1.54) is 12.1 Å². The Kier molecular flexibility index (Phi) is 4.74. The van der Waals surface area contributed by atoms with Gasteiger partial charge in [-0.15, -0.1) is 0 Å². The molecule has 0 aliphatic carbocycles. The van der Waals surface area contributed by atoms with Crippen LogP contribution < -0.4 is 5.73 Å². The Morgan fingerprint density at radius 1 is 1.31 bits per heavy atom. The van der Waals surface area contributed by atoms with Crippen molar-refractivity contribution in [3.63, 3.8) is 0 Å². The van der Waals surface area contributed by atoms with Gasteiger partial charge >= 0.3 is 0 Å². The second-order valence-electron chi connectivity index (χ2n) is 4.23. The van der Waals surface area contributed by atoms with E-state index < -0.39 is 0 Å². The molecule has 0 atom stereocenters. The molecule has 0 bridgehead atoms. The molecule has 1 aromatic rings. The molecule has 0 radical (unpaired) electrons. The van der Waals surface area contributed by atoms with Gasteiger partial charge in [0.1, 0.15) is 5.82 Å². The van der Waals surface area contributed by atoms with Crippen LogP contribution in [-0.4, -0.2) is 18.0 Å². The molecule has 1 aromatic carbocycles. The van der Waals surface area contributed by atoms with Gasteiger partial charge in [0.15, 0.2) is 0 Å². The molecule has 0 aliphatic heterocycles. The Balaban J connectivity index is 2.72. The molecule has 0 heterocycles. The molecule has 1 rings (SSSR count). The molecule has 0 aliphatic rings. The fraction of sp³-hybridized carbons (Fsp3) is 0.538. The van der Waals surface area contributed by atoms with E-state index in [4.69, 9.17) is 5.73 Å². The Labute approximate surface area is 97.3 Å². The largest absolute Gasteiger partial charge is 0.398 e. The van der Waals surface area contributed by atoms with Crippen molar-refractivity contribution in [1.29, 1.82) is 0 Å². The Bertz CT molecular complexity index is 335. The summed E-state index contributed by atoms with van der Waals surface area (Å²) in [5.74, 6) is -0.272. The van der Waals surface area contributed by atoms with Crippen molar-refractivity contribution < 1.29 is 4.39 Å². The zero-order valence-corrected chi connectivity index (χ0v) is 10.3. The van der Waals surface area contributed by atoms with Gasteiger partial charge in [-0.2, -0.15) is 0 Å². The summed E-state index contributed by atoms with van der Waals surface area (Å²) in [6, 6.07) is 5.18. The van der Waals surface area contributed by atoms with Crippen LogP contribution in [-0.2, 0) is 6.54 Å². The van der Waals surface area contributed by atoms with Crippen molar-refractivity contribution in [2.45, 2.75) is 39.3 Å². The number of hydrogen-bond donors (Lipinski definition) is 1. The highest BCUT2D eigenvalue weighted by Gasteiger charge is 2.12. The summed E-state index contributed by atoms with van der Waals surface area (Å²) in [7, 11) is 2.08. The first kappa shape index (κ1) is 13.0. The number of anilines is 1. The molecule has 0 unspecified atom stereocenters. The molecule has 0 aromatic heterocycles. The number of nitrogen functional groups attached to an aromatic ring is 1. The highest BCUT2D eigenvalue weighted by Crippen LogP contribution is 2.17. The van der Waals surface area contributed by atoms with E-state index in [2.05, 4.69) is 25.8 Å². The third kappa shape index (κ3) is 3.20. The zero-order valence-electron chi connectivity index (χ0n) is 10.3. The molecule has 0 spiro atoms. The molecule has 0 saturated carbocycles. The minimum Gasteiger partial charge on any atom is -0.398 e. The smallest absolute Gasteiger partial charge is 0.125 e. The Morgan fingerprint density at radius 3 is 2.44 bits per heavy atom. The van der Waals surface area contributed by atoms with Crippen molar-refractivity contribution in [2.24, 2.45) is 0 Å². The van der Waals surface area contributed by atoms with Gasteiger partial charge in [0.2, 0.25) is 0 Å². The summed E-state index contributed by atoms with van der Waals surface area (Å²) >= 11 is 0. The first-order chi connectivity index (χ1) is 7.58. The molecule has 2 nitrogen and oxygen atoms in total. The van der Waals surface area contributed by atoms with Crippen molar-refractivity contribution >= 4 is 5.69 Å². The van der Waals surface area contributed by atoms with Gasteiger partial charge in [0.25, 0.3) is 0 Å². The van der Waals surface area contributed by atoms with Gasteiger partial charge in [-0.3, -0.25) is 4.90 Å². The normalized spacial score (nSPS) is 11.4. The maximum atomic E-state index is 12.9. The lowest BCUT2D eigenvalue weighted by atomic mass is 10.1. The Morgan fingerprint density at radius 2 is 1.94 bits per heavy atom. The van der Waals surface area contributed by atoms with Gasteiger partial charge in [-0.1, -0.05) is 19.9 Å². The van der Waals surface area contributed by atoms with Gasteiger partial charge in [-0.05, 0) is 37.6 Å². The van der Waals surface area contributed by atoms with Crippen molar-refractivity contribution in [1.82, 2.24) is 4.90 Å². The minimum atomic E-state index is -0.272. The van der Waals surface area contributed by atoms with Gasteiger partial charge in [0, 0.05) is 18.3 Å². The van der Waals surface area contributed by atoms with Gasteiger partial charge < -0.3 is 5.73 Å². The van der Waals surface area contributed by atoms with Crippen LogP contribution in [0.4, 0.5) is 10.1 Å². The third-order valence-corrected chi connectivity index (χ3v) is 3.09. The summed E-state index contributed by atoms with van der Waals surface area (Å²) in [5, 5.41) is 0. The van der Waals surface area contributed by atoms with Crippen molar-refractivity contribution in [3.8, 4) is 0 Å². The molecule has 0 saturated heterocycles. The summed E-state index contributed by atoms with van der Waals surface area (Å²) in [4.78, 5) is 2.27. The topological polar surface area (TPSA) is 29.3 Å². The van der Waals surface area contributed by atoms with E-state index >= 15 is 0 Å². The fourth-order valence-corrected chi connectivity index (χ4v) is 2.02. The molecule has 90 valence electrons. The second-order valence-corrected chi connectivity index (χ2v) is 4.23. The van der Waals surface area contributed by atoms with Crippen molar-refractivity contribution in [3.05, 3.63) is 29.6 Å². The number of benzene rings is 1. The summed E-state index contributed by atoms with van der Waals surface area (Å²) in [6.45, 7) is 5.13. The van der Waals surface area contributed by atoms with Crippen LogP contribution in [0.5, 0.6) is 0 Å². The van der Waals surface area contributed by atoms with Crippen LogP contribution in [0.2, 0.25) is 0 Å². The van der Waals surface area contributed by atoms with E-state index in [0.717, 1.165) is 24.9 Å². The highest BCUT2D eigenvalue weighted by molar-refractivity contribution is 5.46. The third-order valence-electron chi connectivity index (χ3n) is 3.09. The van der Waals surface area contributed by atoms with Crippen LogP contribution in [0.25, 0.3) is 0 Å². The van der Waals surface area contributed by atoms with Crippen LogP contribution >= 0.6 is 0 Å². The van der Waals surface area contributed by atoms with E-state index in [0.29, 0.717) is 11.7 Å². The molecule has 16 heavy (non-hydrogen) atoms. The number of nitrogens with two attached hydrogens (primary N) is 1. The average molecular weight is 224 g/mol. The van der Waals surface area contributed by atoms with E-state index in [-0.39, 0.29) is 5.82 Å². The first-order valence-electron chi connectivity index (χ1n) is 5.82. The zero-order chi connectivity index (χ0) is 12.1. The van der Waals surface area contributed by atoms with Crippen LogP contribution in [0.1, 0.15) is 32.3 Å². The van der Waals surface area contributed by atoms with E-state index in [1.54, 1.807) is 6.07 Å². The lowest BCUT2D eigenvalue weighted by molar-refractivity contribution is 0.222. The summed E-state index contributed by atoms with van der Waals surface area (Å²) in [5.41, 5.74) is 7.32. The molecule has 3 heteroatoms. The Hall–Kier alpha value is -1.09. The second kappa shape index (κ2) is 5.85. The standard InChI is InChI=1S/C13H21FN2/c1-4-12(5-2)16(3)9-10-6-7-11(14)8-13(10)15/h6-8,12H,4-5,9,15H2,1-3H3. The van der Waals surface area contributed by atoms with E-state index in [9.17, 15) is 4.39 Å². The quantitative estimate of drug-likeness (QED) is 0.779. The van der Waals surface area contributed by atoms with E-state index in [1.807, 2.05) is 0 Å². The first-order valence-corrected chi connectivity index (χ1v) is 5.82. The molecular weight excluding hydrogens is 203 g/mol. The van der Waals surface area contributed by atoms with Gasteiger partial charge in [0.05, 0.1) is 0 Å². The molecule has 0 fully saturated rings. The number of rotatable bonds is 5. The maximum absolute atomic E-state index is 12.9. The number of nitrogens with zero attached hydrogens (tertiary/aromatic N) is 1. The van der Waals surface area contributed by atoms with Crippen molar-refractivity contribution in [2.75, 3.05) is 12.8 Å². The van der Waals surface area contributed by atoms with Crippen LogP contribution in [0.15, 0.2) is 18.2 Å². The predicted molar refractivity (Wildman–Crippen MR) is 66.6 cm³/mol. The van der Waals surface area contributed by atoms with Crippen LogP contribution in [0, 0.1) is 5.82 Å². The highest BCUT2D eigenvalue weighted by atomic mass is 19.1. The number of halogens is 1. The lowest BCUT2D eigenvalue weighted by Gasteiger charge is -2.26. The lowest BCUT2D eigenvalue weighted by Crippen LogP contribution is -2.30. The van der Waals surface area contributed by atoms with Crippen LogP contribution in [0.3, 0.4) is 0 Å².